The van der Waals surface area contributed by atoms with Gasteiger partial charge in [0.2, 0.25) is 10.3 Å². The van der Waals surface area contributed by atoms with Crippen molar-refractivity contribution in [2.24, 2.45) is 11.8 Å². The van der Waals surface area contributed by atoms with Crippen LogP contribution in [0.3, 0.4) is 0 Å². The van der Waals surface area contributed by atoms with Gasteiger partial charge in [0.05, 0.1) is 0 Å². The first-order chi connectivity index (χ1) is 13.5. The summed E-state index contributed by atoms with van der Waals surface area (Å²) in [5, 5.41) is 25.8. The van der Waals surface area contributed by atoms with Gasteiger partial charge < -0.3 is 0 Å². The smallest absolute Gasteiger partial charge is 0.209 e. The minimum atomic E-state index is 0.510. The maximum absolute atomic E-state index is 4.15. The zero-order valence-corrected chi connectivity index (χ0v) is 18.3. The number of aromatic nitrogens is 8. The van der Waals surface area contributed by atoms with Gasteiger partial charge in [-0.25, -0.2) is 9.36 Å². The lowest BCUT2D eigenvalue weighted by Crippen LogP contribution is -2.07. The van der Waals surface area contributed by atoms with Gasteiger partial charge in [0, 0.05) is 24.6 Å². The van der Waals surface area contributed by atoms with Crippen LogP contribution >= 0.6 is 23.5 Å². The van der Waals surface area contributed by atoms with Crippen molar-refractivity contribution < 1.29 is 0 Å². The van der Waals surface area contributed by atoms with Crippen LogP contribution in [0, 0.1) is 11.8 Å². The second kappa shape index (κ2) is 10.0. The third kappa shape index (κ3) is 6.03. The summed E-state index contributed by atoms with van der Waals surface area (Å²) in [6, 6.07) is 8.61. The van der Waals surface area contributed by atoms with E-state index in [4.69, 9.17) is 0 Å². The minimum absolute atomic E-state index is 0.510. The molecule has 0 unspecified atom stereocenters. The highest BCUT2D eigenvalue weighted by molar-refractivity contribution is 7.98. The molecule has 10 heteroatoms. The molecule has 0 N–H and O–H groups in total. The summed E-state index contributed by atoms with van der Waals surface area (Å²) in [7, 11) is 0. The molecule has 0 fully saturated rings. The molecule has 0 amide bonds. The first-order valence-corrected chi connectivity index (χ1v) is 11.3. The van der Waals surface area contributed by atoms with E-state index < -0.39 is 0 Å². The van der Waals surface area contributed by atoms with E-state index >= 15 is 0 Å². The summed E-state index contributed by atoms with van der Waals surface area (Å²) in [5.41, 5.74) is 2.51. The van der Waals surface area contributed by atoms with Gasteiger partial charge in [0.15, 0.2) is 0 Å². The van der Waals surface area contributed by atoms with E-state index in [1.807, 2.05) is 9.36 Å². The fourth-order valence-corrected chi connectivity index (χ4v) is 4.28. The molecule has 8 nitrogen and oxygen atoms in total. The maximum Gasteiger partial charge on any atom is 0.209 e. The molecule has 0 bridgehead atoms. The van der Waals surface area contributed by atoms with E-state index in [-0.39, 0.29) is 0 Å². The van der Waals surface area contributed by atoms with Crippen LogP contribution in [0.5, 0.6) is 0 Å². The maximum atomic E-state index is 4.15. The van der Waals surface area contributed by atoms with Crippen LogP contribution in [0.2, 0.25) is 0 Å². The topological polar surface area (TPSA) is 87.2 Å². The highest BCUT2D eigenvalue weighted by atomic mass is 32.2. The molecule has 0 aliphatic carbocycles. The fourth-order valence-electron chi connectivity index (χ4n) is 2.63. The van der Waals surface area contributed by atoms with E-state index in [1.165, 1.54) is 11.1 Å². The van der Waals surface area contributed by atoms with Gasteiger partial charge in [-0.05, 0) is 43.8 Å². The molecule has 2 aromatic heterocycles. The summed E-state index contributed by atoms with van der Waals surface area (Å²) in [6.45, 7) is 10.3. The average Bonchev–Trinajstić information content (AvgIpc) is 3.27. The first kappa shape index (κ1) is 20.8. The van der Waals surface area contributed by atoms with Gasteiger partial charge in [-0.1, -0.05) is 75.5 Å². The van der Waals surface area contributed by atoms with Crippen LogP contribution in [0.25, 0.3) is 0 Å². The summed E-state index contributed by atoms with van der Waals surface area (Å²) < 4.78 is 3.76. The minimum Gasteiger partial charge on any atom is -0.220 e. The molecular weight excluding hydrogens is 392 g/mol. The van der Waals surface area contributed by atoms with Crippen molar-refractivity contribution >= 4 is 23.5 Å². The highest BCUT2D eigenvalue weighted by Gasteiger charge is 2.10. The van der Waals surface area contributed by atoms with Crippen molar-refractivity contribution in [3.63, 3.8) is 0 Å². The summed E-state index contributed by atoms with van der Waals surface area (Å²) in [5.74, 6) is 2.69. The van der Waals surface area contributed by atoms with Crippen LogP contribution in [-0.4, -0.2) is 40.4 Å². The zero-order valence-electron chi connectivity index (χ0n) is 16.7. The predicted octanol–water partition coefficient (Wildman–Crippen LogP) is 3.56. The average molecular weight is 419 g/mol. The number of benzene rings is 1. The predicted molar refractivity (Wildman–Crippen MR) is 111 cm³/mol. The molecule has 0 radical (unpaired) electrons. The largest absolute Gasteiger partial charge is 0.220 e. The van der Waals surface area contributed by atoms with Crippen molar-refractivity contribution in [2.45, 2.75) is 62.6 Å². The third-order valence-corrected chi connectivity index (χ3v) is 5.86. The fraction of sp³-hybridized carbons (Fsp3) is 0.556. The normalized spacial score (nSPS) is 11.6. The lowest BCUT2D eigenvalue weighted by molar-refractivity contribution is 0.445. The summed E-state index contributed by atoms with van der Waals surface area (Å²) in [4.78, 5) is 0. The molecule has 0 saturated carbocycles. The van der Waals surface area contributed by atoms with Crippen molar-refractivity contribution in [1.82, 2.24) is 40.4 Å². The van der Waals surface area contributed by atoms with Gasteiger partial charge in [-0.2, -0.15) is 0 Å². The Morgan fingerprint density at radius 2 is 1.25 bits per heavy atom. The Balaban J connectivity index is 1.57. The van der Waals surface area contributed by atoms with Crippen molar-refractivity contribution in [1.29, 1.82) is 0 Å². The molecule has 0 aliphatic rings. The Hall–Kier alpha value is -1.94. The van der Waals surface area contributed by atoms with Gasteiger partial charge >= 0.3 is 0 Å². The summed E-state index contributed by atoms with van der Waals surface area (Å²) in [6.07, 6.45) is 0. The lowest BCUT2D eigenvalue weighted by atomic mass is 10.2. The Bertz CT molecular complexity index is 806. The van der Waals surface area contributed by atoms with Gasteiger partial charge in [0.1, 0.15) is 0 Å². The number of hydrogen-bond donors (Lipinski definition) is 0. The van der Waals surface area contributed by atoms with Crippen LogP contribution in [0.1, 0.15) is 38.8 Å². The molecule has 0 spiro atoms. The number of hydrogen-bond acceptors (Lipinski definition) is 8. The molecule has 150 valence electrons. The molecule has 3 rings (SSSR count). The number of nitrogens with zero attached hydrogens (tertiary/aromatic N) is 8. The molecule has 0 saturated heterocycles. The molecule has 2 heterocycles. The number of tetrazole rings is 2. The SMILES string of the molecule is CC(C)Cn1nnnc1SCc1cccc(CSc2nnnn2CC(C)C)c1. The van der Waals surface area contributed by atoms with Crippen molar-refractivity contribution in [2.75, 3.05) is 0 Å². The Kier molecular flexibility index (Phi) is 7.43. The number of rotatable bonds is 10. The van der Waals surface area contributed by atoms with E-state index in [0.717, 1.165) is 34.9 Å². The van der Waals surface area contributed by atoms with Crippen LogP contribution < -0.4 is 0 Å². The quantitative estimate of drug-likeness (QED) is 0.462. The standard InChI is InChI=1S/C18H26N8S2/c1-13(2)9-25-17(19-21-23-25)27-11-15-6-5-7-16(8-15)12-28-18-20-22-24-26(18)10-14(3)4/h5-8,13-14H,9-12H2,1-4H3. The van der Waals surface area contributed by atoms with E-state index in [9.17, 15) is 0 Å². The van der Waals surface area contributed by atoms with Gasteiger partial charge in [-0.3, -0.25) is 0 Å². The first-order valence-electron chi connectivity index (χ1n) is 9.37. The molecule has 3 aromatic rings. The molecule has 28 heavy (non-hydrogen) atoms. The van der Waals surface area contributed by atoms with Crippen molar-refractivity contribution in [3.05, 3.63) is 35.4 Å². The van der Waals surface area contributed by atoms with Crippen LogP contribution in [0.4, 0.5) is 0 Å². The molecule has 0 atom stereocenters. The van der Waals surface area contributed by atoms with E-state index in [0.29, 0.717) is 11.8 Å². The Morgan fingerprint density at radius 1 is 0.786 bits per heavy atom. The Morgan fingerprint density at radius 3 is 1.68 bits per heavy atom. The zero-order chi connectivity index (χ0) is 19.9. The van der Waals surface area contributed by atoms with Crippen molar-refractivity contribution in [3.8, 4) is 0 Å². The van der Waals surface area contributed by atoms with E-state index in [2.05, 4.69) is 83.0 Å². The Labute approximate surface area is 173 Å². The highest BCUT2D eigenvalue weighted by Crippen LogP contribution is 2.24. The summed E-state index contributed by atoms with van der Waals surface area (Å²) >= 11 is 3.33. The lowest BCUT2D eigenvalue weighted by Gasteiger charge is -2.08. The van der Waals surface area contributed by atoms with Crippen LogP contribution in [0.15, 0.2) is 34.6 Å². The van der Waals surface area contributed by atoms with E-state index in [1.54, 1.807) is 23.5 Å². The molecule has 0 aliphatic heterocycles. The molecule has 1 aromatic carbocycles. The third-order valence-electron chi connectivity index (χ3n) is 3.80. The number of thioether (sulfide) groups is 2. The second-order valence-corrected chi connectivity index (χ2v) is 9.36. The van der Waals surface area contributed by atoms with Gasteiger partial charge in [0.25, 0.3) is 0 Å². The monoisotopic (exact) mass is 418 g/mol. The van der Waals surface area contributed by atoms with Gasteiger partial charge in [-0.15, -0.1) is 10.2 Å². The van der Waals surface area contributed by atoms with Crippen LogP contribution in [-0.2, 0) is 24.6 Å². The molecular formula is C18H26N8S2. The second-order valence-electron chi connectivity index (χ2n) is 7.47.